The highest BCUT2D eigenvalue weighted by molar-refractivity contribution is 5.57. The number of rotatable bonds is 40. The molecule has 6 aromatic rings. The van der Waals surface area contributed by atoms with E-state index in [9.17, 15) is 0 Å². The molecular formula is C67H98N6O6. The summed E-state index contributed by atoms with van der Waals surface area (Å²) in [4.78, 5) is 27.1. The average molecular weight is 1080 g/mol. The van der Waals surface area contributed by atoms with Crippen LogP contribution < -0.4 is 14.2 Å². The SMILES string of the molecule is CCCCCCCCCc1cnc(-c2ccc(OCCOCCC)cc2)nc1.CCCCCCCc1cnc(-c2ccc(OCCOCCC)cc2)nc1.CCCCCCc1cnc(-c2ccc(OCCOCCC)cc2)nc1. The van der Waals surface area contributed by atoms with Gasteiger partial charge >= 0.3 is 0 Å². The number of ether oxygens (including phenoxy) is 6. The van der Waals surface area contributed by atoms with Crippen LogP contribution in [0.4, 0.5) is 0 Å². The van der Waals surface area contributed by atoms with Gasteiger partial charge < -0.3 is 28.4 Å². The molecule has 0 atom stereocenters. The van der Waals surface area contributed by atoms with Crippen LogP contribution in [0.3, 0.4) is 0 Å². The molecule has 0 N–H and O–H groups in total. The summed E-state index contributed by atoms with van der Waals surface area (Å²) >= 11 is 0. The fraction of sp³-hybridized carbons (Fsp3) is 0.552. The molecule has 432 valence electrons. The van der Waals surface area contributed by atoms with Gasteiger partial charge in [-0.25, -0.2) is 29.9 Å². The van der Waals surface area contributed by atoms with E-state index < -0.39 is 0 Å². The number of hydrogen-bond donors (Lipinski definition) is 0. The number of aryl methyl sites for hydroxylation is 3. The first-order valence-electron chi connectivity index (χ1n) is 30.4. The fourth-order valence-electron chi connectivity index (χ4n) is 8.37. The first-order chi connectivity index (χ1) is 39.0. The minimum absolute atomic E-state index is 0.572. The van der Waals surface area contributed by atoms with Gasteiger partial charge in [0, 0.05) is 73.7 Å². The minimum Gasteiger partial charge on any atom is -0.491 e. The summed E-state index contributed by atoms with van der Waals surface area (Å²) in [5.74, 6) is 4.82. The molecule has 0 unspecified atom stereocenters. The maximum absolute atomic E-state index is 5.68. The van der Waals surface area contributed by atoms with Crippen molar-refractivity contribution in [3.63, 3.8) is 0 Å². The van der Waals surface area contributed by atoms with Crippen LogP contribution in [0.5, 0.6) is 17.2 Å². The van der Waals surface area contributed by atoms with Gasteiger partial charge in [-0.15, -0.1) is 0 Å². The third kappa shape index (κ3) is 29.8. The van der Waals surface area contributed by atoms with E-state index in [1.165, 1.54) is 119 Å². The van der Waals surface area contributed by atoms with E-state index in [0.29, 0.717) is 39.6 Å². The Morgan fingerprint density at radius 1 is 0.253 bits per heavy atom. The molecule has 0 aliphatic heterocycles. The summed E-state index contributed by atoms with van der Waals surface area (Å²) < 4.78 is 33.2. The van der Waals surface area contributed by atoms with Crippen molar-refractivity contribution in [2.45, 2.75) is 183 Å². The highest BCUT2D eigenvalue weighted by atomic mass is 16.5. The number of hydrogen-bond acceptors (Lipinski definition) is 12. The molecule has 6 rings (SSSR count). The van der Waals surface area contributed by atoms with Crippen LogP contribution in [-0.2, 0) is 33.5 Å². The molecule has 12 heteroatoms. The van der Waals surface area contributed by atoms with Gasteiger partial charge in [-0.05, 0) is 147 Å². The van der Waals surface area contributed by atoms with Gasteiger partial charge in [0.15, 0.2) is 17.5 Å². The van der Waals surface area contributed by atoms with Gasteiger partial charge in [-0.2, -0.15) is 0 Å². The summed E-state index contributed by atoms with van der Waals surface area (Å²) in [5, 5.41) is 0. The van der Waals surface area contributed by atoms with Gasteiger partial charge in [-0.1, -0.05) is 125 Å². The van der Waals surface area contributed by atoms with Crippen LogP contribution in [0.25, 0.3) is 34.2 Å². The predicted molar refractivity (Wildman–Crippen MR) is 324 cm³/mol. The van der Waals surface area contributed by atoms with Crippen molar-refractivity contribution in [3.05, 3.63) is 127 Å². The molecule has 3 aromatic carbocycles. The van der Waals surface area contributed by atoms with Crippen LogP contribution in [-0.4, -0.2) is 89.4 Å². The van der Waals surface area contributed by atoms with Gasteiger partial charge in [0.25, 0.3) is 0 Å². The van der Waals surface area contributed by atoms with E-state index in [0.717, 1.165) is 110 Å². The van der Waals surface area contributed by atoms with Crippen LogP contribution in [0.2, 0.25) is 0 Å². The Bertz CT molecular complexity index is 2280. The molecule has 3 heterocycles. The van der Waals surface area contributed by atoms with Crippen molar-refractivity contribution < 1.29 is 28.4 Å². The largest absolute Gasteiger partial charge is 0.491 e. The zero-order valence-electron chi connectivity index (χ0n) is 49.4. The zero-order valence-corrected chi connectivity index (χ0v) is 49.4. The molecule has 0 spiro atoms. The molecular weight excluding hydrogens is 985 g/mol. The van der Waals surface area contributed by atoms with E-state index in [1.54, 1.807) is 0 Å². The van der Waals surface area contributed by atoms with Crippen LogP contribution >= 0.6 is 0 Å². The van der Waals surface area contributed by atoms with Crippen molar-refractivity contribution in [2.75, 3.05) is 59.5 Å². The van der Waals surface area contributed by atoms with Crippen molar-refractivity contribution in [1.82, 2.24) is 29.9 Å². The molecule has 0 radical (unpaired) electrons. The summed E-state index contributed by atoms with van der Waals surface area (Å²) in [7, 11) is 0. The molecule has 0 aliphatic rings. The fourth-order valence-corrected chi connectivity index (χ4v) is 8.37. The molecule has 12 nitrogen and oxygen atoms in total. The molecule has 0 fully saturated rings. The Kier molecular flexibility index (Phi) is 36.6. The lowest BCUT2D eigenvalue weighted by molar-refractivity contribution is 0.101. The highest BCUT2D eigenvalue weighted by Gasteiger charge is 2.07. The smallest absolute Gasteiger partial charge is 0.159 e. The van der Waals surface area contributed by atoms with Gasteiger partial charge in [0.05, 0.1) is 19.8 Å². The van der Waals surface area contributed by atoms with Gasteiger partial charge in [0.1, 0.15) is 37.1 Å². The number of benzene rings is 3. The number of aromatic nitrogens is 6. The Balaban J connectivity index is 0.000000256. The van der Waals surface area contributed by atoms with Gasteiger partial charge in [0.2, 0.25) is 0 Å². The molecule has 79 heavy (non-hydrogen) atoms. The van der Waals surface area contributed by atoms with Crippen LogP contribution in [0.15, 0.2) is 110 Å². The van der Waals surface area contributed by atoms with Gasteiger partial charge in [-0.3, -0.25) is 0 Å². The Labute approximate surface area is 476 Å². The molecule has 0 bridgehead atoms. The highest BCUT2D eigenvalue weighted by Crippen LogP contribution is 2.23. The third-order valence-electron chi connectivity index (χ3n) is 12.9. The summed E-state index contributed by atoms with van der Waals surface area (Å²) in [6, 6.07) is 23.8. The third-order valence-corrected chi connectivity index (χ3v) is 12.9. The van der Waals surface area contributed by atoms with E-state index in [-0.39, 0.29) is 0 Å². The maximum Gasteiger partial charge on any atom is 0.159 e. The lowest BCUT2D eigenvalue weighted by atomic mass is 10.1. The van der Waals surface area contributed by atoms with Crippen molar-refractivity contribution >= 4 is 0 Å². The maximum atomic E-state index is 5.68. The molecule has 0 saturated heterocycles. The summed E-state index contributed by atoms with van der Waals surface area (Å²) in [6.07, 6.45) is 38.9. The molecule has 0 aliphatic carbocycles. The molecule has 3 aromatic heterocycles. The lowest BCUT2D eigenvalue weighted by Gasteiger charge is -2.07. The molecule has 0 amide bonds. The van der Waals surface area contributed by atoms with Crippen LogP contribution in [0, 0.1) is 0 Å². The second-order valence-corrected chi connectivity index (χ2v) is 20.0. The standard InChI is InChI=1S/C24H36N2O2.C22H32N2O2.C21H30N2O2/c1-3-5-6-7-8-9-10-11-21-19-25-24(26-20-21)22-12-14-23(15-13-22)28-18-17-27-16-4-2;1-3-5-6-7-8-9-19-17-23-22(24-18-19)20-10-12-21(13-11-20)26-16-15-25-14-4-2;1-3-5-6-7-8-18-16-22-21(23-17-18)19-9-11-20(12-10-19)25-15-14-24-13-4-2/h12-15,19-20H,3-11,16-18H2,1-2H3;10-13,17-18H,3-9,14-16H2,1-2H3;9-12,16-17H,3-8,13-15H2,1-2H3. The average Bonchev–Trinajstić information content (AvgIpc) is 3.50. The first kappa shape index (κ1) is 65.7. The van der Waals surface area contributed by atoms with E-state index >= 15 is 0 Å². The predicted octanol–water partition coefficient (Wildman–Crippen LogP) is 16.8. The monoisotopic (exact) mass is 1080 g/mol. The van der Waals surface area contributed by atoms with E-state index in [4.69, 9.17) is 28.4 Å². The van der Waals surface area contributed by atoms with Crippen LogP contribution in [0.1, 0.15) is 180 Å². The lowest BCUT2D eigenvalue weighted by Crippen LogP contribution is -2.07. The Hall–Kier alpha value is -5.82. The minimum atomic E-state index is 0.572. The Morgan fingerprint density at radius 2 is 0.494 bits per heavy atom. The summed E-state index contributed by atoms with van der Waals surface area (Å²) in [6.45, 7) is 19.0. The van der Waals surface area contributed by atoms with E-state index in [2.05, 4.69) is 71.4 Å². The molecule has 0 saturated carbocycles. The van der Waals surface area contributed by atoms with Crippen molar-refractivity contribution in [1.29, 1.82) is 0 Å². The Morgan fingerprint density at radius 3 is 0.747 bits per heavy atom. The van der Waals surface area contributed by atoms with E-state index in [1.807, 2.05) is 110 Å². The summed E-state index contributed by atoms with van der Waals surface area (Å²) in [5.41, 5.74) is 6.69. The normalized spacial score (nSPS) is 10.9. The topological polar surface area (TPSA) is 133 Å². The zero-order chi connectivity index (χ0) is 56.1. The number of unbranched alkanes of at least 4 members (excludes halogenated alkanes) is 13. The van der Waals surface area contributed by atoms with Crippen molar-refractivity contribution in [3.8, 4) is 51.4 Å². The van der Waals surface area contributed by atoms with Crippen molar-refractivity contribution in [2.24, 2.45) is 0 Å². The number of nitrogens with zero attached hydrogens (tertiary/aromatic N) is 6. The quantitative estimate of drug-likeness (QED) is 0.0339. The second-order valence-electron chi connectivity index (χ2n) is 20.0. The second kappa shape index (κ2) is 44.0. The first-order valence-corrected chi connectivity index (χ1v) is 30.4.